The number of hydrogen-bond donors (Lipinski definition) is 2. The molecule has 0 saturated carbocycles. The summed E-state index contributed by atoms with van der Waals surface area (Å²) in [5.74, 6) is 0. The van der Waals surface area contributed by atoms with Crippen LogP contribution in [-0.2, 0) is 0 Å². The molecule has 0 radical (unpaired) electrons. The van der Waals surface area contributed by atoms with Crippen LogP contribution in [0.25, 0.3) is 0 Å². The standard InChI is InChI=1S/C12H17ClN2/c1-12(2)7-11(8-14-12)15-10-5-3-9(13)4-6-10/h3-6,11,14-15H,7-8H2,1-2H3. The van der Waals surface area contributed by atoms with Gasteiger partial charge in [0.05, 0.1) is 0 Å². The molecular formula is C12H17ClN2. The van der Waals surface area contributed by atoms with Gasteiger partial charge in [0.1, 0.15) is 0 Å². The van der Waals surface area contributed by atoms with E-state index >= 15 is 0 Å². The summed E-state index contributed by atoms with van der Waals surface area (Å²) in [4.78, 5) is 0. The molecule has 1 unspecified atom stereocenters. The van der Waals surface area contributed by atoms with Gasteiger partial charge in [-0.05, 0) is 44.5 Å². The number of anilines is 1. The van der Waals surface area contributed by atoms with Crippen LogP contribution in [0.4, 0.5) is 5.69 Å². The number of benzene rings is 1. The molecule has 0 spiro atoms. The maximum absolute atomic E-state index is 5.83. The predicted molar refractivity (Wildman–Crippen MR) is 65.6 cm³/mol. The topological polar surface area (TPSA) is 24.1 Å². The second-order valence-corrected chi connectivity index (χ2v) is 5.25. The normalized spacial score (nSPS) is 24.1. The Labute approximate surface area is 96.0 Å². The van der Waals surface area contributed by atoms with E-state index in [1.165, 1.54) is 0 Å². The minimum Gasteiger partial charge on any atom is -0.381 e. The van der Waals surface area contributed by atoms with Crippen molar-refractivity contribution in [2.24, 2.45) is 0 Å². The van der Waals surface area contributed by atoms with Crippen molar-refractivity contribution in [1.29, 1.82) is 0 Å². The first-order valence-electron chi connectivity index (χ1n) is 5.32. The summed E-state index contributed by atoms with van der Waals surface area (Å²) in [5.41, 5.74) is 1.40. The first-order chi connectivity index (χ1) is 7.05. The molecule has 1 aromatic rings. The van der Waals surface area contributed by atoms with E-state index in [0.717, 1.165) is 23.7 Å². The average molecular weight is 225 g/mol. The minimum absolute atomic E-state index is 0.254. The van der Waals surface area contributed by atoms with Crippen molar-refractivity contribution in [2.45, 2.75) is 31.8 Å². The highest BCUT2D eigenvalue weighted by molar-refractivity contribution is 6.30. The van der Waals surface area contributed by atoms with Crippen molar-refractivity contribution in [3.05, 3.63) is 29.3 Å². The van der Waals surface area contributed by atoms with Gasteiger partial charge in [0.15, 0.2) is 0 Å². The van der Waals surface area contributed by atoms with Gasteiger partial charge in [-0.3, -0.25) is 0 Å². The lowest BCUT2D eigenvalue weighted by molar-refractivity contribution is 0.457. The monoisotopic (exact) mass is 224 g/mol. The molecule has 1 aliphatic heterocycles. The highest BCUT2D eigenvalue weighted by Gasteiger charge is 2.29. The van der Waals surface area contributed by atoms with Crippen molar-refractivity contribution in [2.75, 3.05) is 11.9 Å². The second-order valence-electron chi connectivity index (χ2n) is 4.82. The molecule has 2 rings (SSSR count). The SMILES string of the molecule is CC1(C)CC(Nc2ccc(Cl)cc2)CN1. The summed E-state index contributed by atoms with van der Waals surface area (Å²) in [6.45, 7) is 5.49. The van der Waals surface area contributed by atoms with Gasteiger partial charge < -0.3 is 10.6 Å². The molecule has 2 nitrogen and oxygen atoms in total. The molecule has 0 aromatic heterocycles. The molecule has 82 valence electrons. The van der Waals surface area contributed by atoms with Gasteiger partial charge >= 0.3 is 0 Å². The van der Waals surface area contributed by atoms with Crippen molar-refractivity contribution in [3.63, 3.8) is 0 Å². The van der Waals surface area contributed by atoms with E-state index < -0.39 is 0 Å². The number of hydrogen-bond acceptors (Lipinski definition) is 2. The third-order valence-corrected chi connectivity index (χ3v) is 3.05. The van der Waals surface area contributed by atoms with E-state index in [1.54, 1.807) is 0 Å². The van der Waals surface area contributed by atoms with Crippen LogP contribution in [0.3, 0.4) is 0 Å². The Hall–Kier alpha value is -0.730. The van der Waals surface area contributed by atoms with Gasteiger partial charge in [-0.15, -0.1) is 0 Å². The summed E-state index contributed by atoms with van der Waals surface area (Å²) in [6, 6.07) is 8.39. The Morgan fingerprint density at radius 1 is 1.33 bits per heavy atom. The second kappa shape index (κ2) is 4.03. The smallest absolute Gasteiger partial charge is 0.0407 e. The molecule has 3 heteroatoms. The molecule has 1 fully saturated rings. The fraction of sp³-hybridized carbons (Fsp3) is 0.500. The van der Waals surface area contributed by atoms with E-state index in [-0.39, 0.29) is 5.54 Å². The van der Waals surface area contributed by atoms with Crippen LogP contribution in [-0.4, -0.2) is 18.1 Å². The Kier molecular flexibility index (Phi) is 2.89. The quantitative estimate of drug-likeness (QED) is 0.807. The lowest BCUT2D eigenvalue weighted by Gasteiger charge is -2.18. The van der Waals surface area contributed by atoms with Crippen LogP contribution in [0.5, 0.6) is 0 Å². The lowest BCUT2D eigenvalue weighted by atomic mass is 10.0. The van der Waals surface area contributed by atoms with Gasteiger partial charge in [0, 0.05) is 28.8 Å². The van der Waals surface area contributed by atoms with Crippen LogP contribution in [0.15, 0.2) is 24.3 Å². The van der Waals surface area contributed by atoms with Crippen LogP contribution < -0.4 is 10.6 Å². The maximum Gasteiger partial charge on any atom is 0.0407 e. The lowest BCUT2D eigenvalue weighted by Crippen LogP contribution is -2.31. The highest BCUT2D eigenvalue weighted by Crippen LogP contribution is 2.22. The number of nitrogens with one attached hydrogen (secondary N) is 2. The third kappa shape index (κ3) is 2.86. The molecule has 15 heavy (non-hydrogen) atoms. The molecular weight excluding hydrogens is 208 g/mol. The van der Waals surface area contributed by atoms with E-state index in [1.807, 2.05) is 24.3 Å². The fourth-order valence-electron chi connectivity index (χ4n) is 2.04. The van der Waals surface area contributed by atoms with E-state index in [0.29, 0.717) is 6.04 Å². The average Bonchev–Trinajstić information content (AvgIpc) is 2.50. The predicted octanol–water partition coefficient (Wildman–Crippen LogP) is 2.89. The van der Waals surface area contributed by atoms with Crippen molar-refractivity contribution < 1.29 is 0 Å². The zero-order chi connectivity index (χ0) is 10.9. The Morgan fingerprint density at radius 2 is 2.00 bits per heavy atom. The molecule has 1 saturated heterocycles. The summed E-state index contributed by atoms with van der Waals surface area (Å²) in [6.07, 6.45) is 1.15. The molecule has 0 amide bonds. The minimum atomic E-state index is 0.254. The summed E-state index contributed by atoms with van der Waals surface area (Å²) >= 11 is 5.83. The van der Waals surface area contributed by atoms with E-state index in [9.17, 15) is 0 Å². The molecule has 1 aromatic carbocycles. The zero-order valence-electron chi connectivity index (χ0n) is 9.18. The van der Waals surface area contributed by atoms with Crippen molar-refractivity contribution >= 4 is 17.3 Å². The van der Waals surface area contributed by atoms with Crippen LogP contribution >= 0.6 is 11.6 Å². The van der Waals surface area contributed by atoms with Gasteiger partial charge in [0.25, 0.3) is 0 Å². The Morgan fingerprint density at radius 3 is 2.53 bits per heavy atom. The van der Waals surface area contributed by atoms with Gasteiger partial charge in [0.2, 0.25) is 0 Å². The summed E-state index contributed by atoms with van der Waals surface area (Å²) in [5, 5.41) is 7.77. The molecule has 1 atom stereocenters. The first kappa shape index (κ1) is 10.8. The van der Waals surface area contributed by atoms with Crippen molar-refractivity contribution in [3.8, 4) is 0 Å². The van der Waals surface area contributed by atoms with Crippen molar-refractivity contribution in [1.82, 2.24) is 5.32 Å². The molecule has 1 heterocycles. The Bertz CT molecular complexity index is 332. The zero-order valence-corrected chi connectivity index (χ0v) is 9.93. The van der Waals surface area contributed by atoms with E-state index in [2.05, 4.69) is 24.5 Å². The van der Waals surface area contributed by atoms with Gasteiger partial charge in [-0.2, -0.15) is 0 Å². The largest absolute Gasteiger partial charge is 0.381 e. The molecule has 0 bridgehead atoms. The van der Waals surface area contributed by atoms with E-state index in [4.69, 9.17) is 11.6 Å². The van der Waals surface area contributed by atoms with Gasteiger partial charge in [-0.1, -0.05) is 11.6 Å². The maximum atomic E-state index is 5.83. The fourth-order valence-corrected chi connectivity index (χ4v) is 2.17. The van der Waals surface area contributed by atoms with Gasteiger partial charge in [-0.25, -0.2) is 0 Å². The van der Waals surface area contributed by atoms with Crippen LogP contribution in [0, 0.1) is 0 Å². The third-order valence-electron chi connectivity index (χ3n) is 2.80. The van der Waals surface area contributed by atoms with Crippen LogP contribution in [0.1, 0.15) is 20.3 Å². The highest BCUT2D eigenvalue weighted by atomic mass is 35.5. The molecule has 1 aliphatic rings. The molecule has 2 N–H and O–H groups in total. The Balaban J connectivity index is 1.96. The summed E-state index contributed by atoms with van der Waals surface area (Å²) < 4.78 is 0. The molecule has 0 aliphatic carbocycles. The first-order valence-corrected chi connectivity index (χ1v) is 5.70. The summed E-state index contributed by atoms with van der Waals surface area (Å²) in [7, 11) is 0. The van der Waals surface area contributed by atoms with Crippen LogP contribution in [0.2, 0.25) is 5.02 Å². The number of rotatable bonds is 2. The number of halogens is 1.